The van der Waals surface area contributed by atoms with Crippen LogP contribution in [-0.2, 0) is 9.59 Å². The van der Waals surface area contributed by atoms with E-state index in [1.807, 2.05) is 30.3 Å². The highest BCUT2D eigenvalue weighted by Gasteiger charge is 2.41. The number of likely N-dealkylation sites (tertiary alicyclic amines) is 1. The molecule has 1 aliphatic carbocycles. The van der Waals surface area contributed by atoms with Crippen molar-refractivity contribution >= 4 is 28.3 Å². The Hall–Kier alpha value is -2.28. The molecule has 0 radical (unpaired) electrons. The molecule has 4 rings (SSSR count). The van der Waals surface area contributed by atoms with Gasteiger partial charge in [0.1, 0.15) is 11.0 Å². The second kappa shape index (κ2) is 6.32. The molecule has 124 valence electrons. The Morgan fingerprint density at radius 2 is 1.92 bits per heavy atom. The van der Waals surface area contributed by atoms with Gasteiger partial charge in [0.05, 0.1) is 0 Å². The standard InChI is InChI=1S/C17H18N4O2S/c22-14(13-7-4-10-21(13)16(23)12-8-9-12)18-17-20-19-15(24-17)11-5-2-1-3-6-11/h1-3,5-6,12-13H,4,7-10H2,(H,18,20,22). The van der Waals surface area contributed by atoms with Crippen LogP contribution >= 0.6 is 11.3 Å². The first kappa shape index (κ1) is 15.3. The smallest absolute Gasteiger partial charge is 0.249 e. The zero-order chi connectivity index (χ0) is 16.5. The summed E-state index contributed by atoms with van der Waals surface area (Å²) in [5.74, 6) is 0.122. The number of anilines is 1. The number of nitrogens with one attached hydrogen (secondary N) is 1. The molecule has 0 bridgehead atoms. The van der Waals surface area contributed by atoms with Gasteiger partial charge in [0, 0.05) is 18.0 Å². The number of hydrogen-bond acceptors (Lipinski definition) is 5. The molecule has 1 unspecified atom stereocenters. The van der Waals surface area contributed by atoms with Gasteiger partial charge in [-0.2, -0.15) is 0 Å². The zero-order valence-electron chi connectivity index (χ0n) is 13.1. The van der Waals surface area contributed by atoms with Gasteiger partial charge in [0.2, 0.25) is 16.9 Å². The minimum atomic E-state index is -0.373. The van der Waals surface area contributed by atoms with Crippen molar-refractivity contribution in [1.82, 2.24) is 15.1 Å². The molecule has 2 heterocycles. The minimum Gasteiger partial charge on any atom is -0.330 e. The molecule has 2 aromatic rings. The van der Waals surface area contributed by atoms with E-state index < -0.39 is 0 Å². The summed E-state index contributed by atoms with van der Waals surface area (Å²) in [6.07, 6.45) is 3.51. The summed E-state index contributed by atoms with van der Waals surface area (Å²) in [6.45, 7) is 0.679. The fraction of sp³-hybridized carbons (Fsp3) is 0.412. The first-order chi connectivity index (χ1) is 11.7. The largest absolute Gasteiger partial charge is 0.330 e. The molecular weight excluding hydrogens is 324 g/mol. The van der Waals surface area contributed by atoms with E-state index in [0.29, 0.717) is 18.1 Å². The summed E-state index contributed by atoms with van der Waals surface area (Å²) < 4.78 is 0. The summed E-state index contributed by atoms with van der Waals surface area (Å²) in [7, 11) is 0. The Morgan fingerprint density at radius 1 is 1.12 bits per heavy atom. The minimum absolute atomic E-state index is 0.134. The molecular formula is C17H18N4O2S. The fourth-order valence-corrected chi connectivity index (χ4v) is 3.78. The van der Waals surface area contributed by atoms with Crippen LogP contribution in [0.25, 0.3) is 10.6 Å². The molecule has 1 atom stereocenters. The van der Waals surface area contributed by atoms with Crippen LogP contribution in [0.3, 0.4) is 0 Å². The second-order valence-corrected chi connectivity index (χ2v) is 7.21. The van der Waals surface area contributed by atoms with Crippen LogP contribution in [-0.4, -0.2) is 39.5 Å². The zero-order valence-corrected chi connectivity index (χ0v) is 14.0. The molecule has 2 aliphatic rings. The van der Waals surface area contributed by atoms with Crippen molar-refractivity contribution in [3.05, 3.63) is 30.3 Å². The first-order valence-electron chi connectivity index (χ1n) is 8.22. The number of aromatic nitrogens is 2. The van der Waals surface area contributed by atoms with Gasteiger partial charge >= 0.3 is 0 Å². The molecule has 1 aromatic heterocycles. The van der Waals surface area contributed by atoms with Crippen LogP contribution in [0, 0.1) is 5.92 Å². The highest BCUT2D eigenvalue weighted by Crippen LogP contribution is 2.34. The summed E-state index contributed by atoms with van der Waals surface area (Å²) >= 11 is 1.34. The van der Waals surface area contributed by atoms with Gasteiger partial charge in [-0.05, 0) is 25.7 Å². The van der Waals surface area contributed by atoms with E-state index in [1.54, 1.807) is 4.90 Å². The molecule has 6 nitrogen and oxygen atoms in total. The summed E-state index contributed by atoms with van der Waals surface area (Å²) in [5, 5.41) is 12.3. The molecule has 24 heavy (non-hydrogen) atoms. The van der Waals surface area contributed by atoms with Crippen LogP contribution in [0.5, 0.6) is 0 Å². The maximum atomic E-state index is 12.6. The maximum Gasteiger partial charge on any atom is 0.249 e. The van der Waals surface area contributed by atoms with Crippen molar-refractivity contribution in [2.24, 2.45) is 5.92 Å². The van der Waals surface area contributed by atoms with E-state index in [2.05, 4.69) is 15.5 Å². The fourth-order valence-electron chi connectivity index (χ4n) is 3.03. The van der Waals surface area contributed by atoms with Gasteiger partial charge in [0.25, 0.3) is 0 Å². The molecule has 0 spiro atoms. The van der Waals surface area contributed by atoms with E-state index in [1.165, 1.54) is 11.3 Å². The van der Waals surface area contributed by atoms with Crippen molar-refractivity contribution in [2.75, 3.05) is 11.9 Å². The number of rotatable bonds is 4. The van der Waals surface area contributed by atoms with Crippen molar-refractivity contribution in [3.8, 4) is 10.6 Å². The third-order valence-corrected chi connectivity index (χ3v) is 5.33. The highest BCUT2D eigenvalue weighted by atomic mass is 32.1. The number of benzene rings is 1. The van der Waals surface area contributed by atoms with Crippen molar-refractivity contribution in [1.29, 1.82) is 0 Å². The Morgan fingerprint density at radius 3 is 2.67 bits per heavy atom. The van der Waals surface area contributed by atoms with Crippen LogP contribution < -0.4 is 5.32 Å². The van der Waals surface area contributed by atoms with E-state index in [-0.39, 0.29) is 23.8 Å². The monoisotopic (exact) mass is 342 g/mol. The number of amides is 2. The lowest BCUT2D eigenvalue weighted by Crippen LogP contribution is -2.43. The first-order valence-corrected chi connectivity index (χ1v) is 9.04. The van der Waals surface area contributed by atoms with Crippen molar-refractivity contribution in [3.63, 3.8) is 0 Å². The van der Waals surface area contributed by atoms with Crippen LogP contribution in [0.1, 0.15) is 25.7 Å². The van der Waals surface area contributed by atoms with Crippen molar-refractivity contribution < 1.29 is 9.59 Å². The molecule has 1 aromatic carbocycles. The number of carbonyl (C=O) groups excluding carboxylic acids is 2. The highest BCUT2D eigenvalue weighted by molar-refractivity contribution is 7.18. The molecule has 7 heteroatoms. The van der Waals surface area contributed by atoms with Gasteiger partial charge in [-0.25, -0.2) is 0 Å². The van der Waals surface area contributed by atoms with Gasteiger partial charge in [0.15, 0.2) is 0 Å². The van der Waals surface area contributed by atoms with Crippen molar-refractivity contribution in [2.45, 2.75) is 31.7 Å². The Labute approximate surface area is 143 Å². The Bertz CT molecular complexity index is 757. The summed E-state index contributed by atoms with van der Waals surface area (Å²) in [5.41, 5.74) is 0.974. The predicted octanol–water partition coefficient (Wildman–Crippen LogP) is 2.54. The number of nitrogens with zero attached hydrogens (tertiary/aromatic N) is 3. The Balaban J connectivity index is 1.44. The molecule has 1 saturated carbocycles. The van der Waals surface area contributed by atoms with Gasteiger partial charge in [-0.3, -0.25) is 14.9 Å². The van der Waals surface area contributed by atoms with Gasteiger partial charge < -0.3 is 4.90 Å². The molecule has 2 amide bonds. The molecule has 1 saturated heterocycles. The normalized spacial score (nSPS) is 20.2. The van der Waals surface area contributed by atoms with Crippen LogP contribution in [0.15, 0.2) is 30.3 Å². The SMILES string of the molecule is O=C(Nc1nnc(-c2ccccc2)s1)C1CCCN1C(=O)C1CC1. The van der Waals surface area contributed by atoms with E-state index >= 15 is 0 Å². The van der Waals surface area contributed by atoms with Crippen LogP contribution in [0.2, 0.25) is 0 Å². The number of carbonyl (C=O) groups is 2. The predicted molar refractivity (Wildman–Crippen MR) is 91.4 cm³/mol. The lowest BCUT2D eigenvalue weighted by atomic mass is 10.2. The van der Waals surface area contributed by atoms with E-state index in [9.17, 15) is 9.59 Å². The lowest BCUT2D eigenvalue weighted by molar-refractivity contribution is -0.137. The third-order valence-electron chi connectivity index (χ3n) is 4.44. The molecule has 1 aliphatic heterocycles. The van der Waals surface area contributed by atoms with E-state index in [0.717, 1.165) is 29.8 Å². The quantitative estimate of drug-likeness (QED) is 0.926. The molecule has 2 fully saturated rings. The van der Waals surface area contributed by atoms with Gasteiger partial charge in [-0.1, -0.05) is 41.7 Å². The average molecular weight is 342 g/mol. The topological polar surface area (TPSA) is 75.2 Å². The molecule has 1 N–H and O–H groups in total. The summed E-state index contributed by atoms with van der Waals surface area (Å²) in [4.78, 5) is 26.6. The summed E-state index contributed by atoms with van der Waals surface area (Å²) in [6, 6.07) is 9.36. The number of hydrogen-bond donors (Lipinski definition) is 1. The van der Waals surface area contributed by atoms with Crippen LogP contribution in [0.4, 0.5) is 5.13 Å². The Kier molecular flexibility index (Phi) is 4.02. The third kappa shape index (κ3) is 3.03. The van der Waals surface area contributed by atoms with Gasteiger partial charge in [-0.15, -0.1) is 10.2 Å². The average Bonchev–Trinajstić information content (AvgIpc) is 3.15. The maximum absolute atomic E-state index is 12.6. The lowest BCUT2D eigenvalue weighted by Gasteiger charge is -2.23. The van der Waals surface area contributed by atoms with E-state index in [4.69, 9.17) is 0 Å². The second-order valence-electron chi connectivity index (χ2n) is 6.23.